The van der Waals surface area contributed by atoms with Crippen molar-refractivity contribution in [1.29, 1.82) is 0 Å². The van der Waals surface area contributed by atoms with Gasteiger partial charge in [-0.25, -0.2) is 0 Å². The van der Waals surface area contributed by atoms with E-state index in [1.165, 1.54) is 0 Å². The maximum atomic E-state index is 8.99. The first-order valence-corrected chi connectivity index (χ1v) is 3.12. The zero-order valence-corrected chi connectivity index (χ0v) is 6.12. The van der Waals surface area contributed by atoms with Gasteiger partial charge in [0.1, 0.15) is 5.76 Å². The van der Waals surface area contributed by atoms with Crippen LogP contribution < -0.4 is 0 Å². The van der Waals surface area contributed by atoms with E-state index >= 15 is 0 Å². The molecule has 0 saturated carbocycles. The Kier molecular flexibility index (Phi) is 5.16. The lowest BCUT2D eigenvalue weighted by atomic mass is 10.3. The Morgan fingerprint density at radius 1 is 1.40 bits per heavy atom. The smallest absolute Gasteiger partial charge is 0.115 e. The van der Waals surface area contributed by atoms with Crippen molar-refractivity contribution >= 4 is 0 Å². The molecule has 0 fully saturated rings. The number of hydrogen-bond acceptors (Lipinski definition) is 1. The molecule has 0 radical (unpaired) electrons. The molecule has 0 saturated heterocycles. The molecule has 1 N–H and O–H groups in total. The van der Waals surface area contributed by atoms with E-state index in [9.17, 15) is 0 Å². The third-order valence-electron chi connectivity index (χ3n) is 0.863. The Hall–Kier alpha value is -1.24. The van der Waals surface area contributed by atoms with Crippen LogP contribution in [0, 0.1) is 0 Å². The van der Waals surface area contributed by atoms with Crippen molar-refractivity contribution in [3.05, 3.63) is 48.8 Å². The first-order chi connectivity index (χ1) is 4.81. The Labute approximate surface area is 61.7 Å². The number of rotatable bonds is 3. The number of aliphatic hydroxyl groups excluding tert-OH is 1. The molecule has 0 atom stereocenters. The molecule has 0 aliphatic heterocycles. The lowest BCUT2D eigenvalue weighted by Crippen LogP contribution is -1.69. The van der Waals surface area contributed by atoms with E-state index in [4.69, 9.17) is 5.11 Å². The first-order valence-electron chi connectivity index (χ1n) is 3.12. The summed E-state index contributed by atoms with van der Waals surface area (Å²) in [6, 6.07) is 0. The van der Waals surface area contributed by atoms with Crippen LogP contribution in [0.15, 0.2) is 48.8 Å². The van der Waals surface area contributed by atoms with Gasteiger partial charge in [-0.1, -0.05) is 30.9 Å². The van der Waals surface area contributed by atoms with Crippen molar-refractivity contribution in [1.82, 2.24) is 0 Å². The van der Waals surface area contributed by atoms with Gasteiger partial charge in [0.25, 0.3) is 0 Å². The fourth-order valence-electron chi connectivity index (χ4n) is 0.417. The van der Waals surface area contributed by atoms with Crippen LogP contribution in [0.25, 0.3) is 0 Å². The fourth-order valence-corrected chi connectivity index (χ4v) is 0.417. The Morgan fingerprint density at radius 3 is 2.60 bits per heavy atom. The van der Waals surface area contributed by atoms with Crippen molar-refractivity contribution in [2.75, 3.05) is 0 Å². The van der Waals surface area contributed by atoms with Crippen molar-refractivity contribution in [2.24, 2.45) is 0 Å². The molecule has 0 spiro atoms. The van der Waals surface area contributed by atoms with E-state index in [1.54, 1.807) is 30.4 Å². The average Bonchev–Trinajstić information content (AvgIpc) is 1.97. The maximum absolute atomic E-state index is 8.99. The number of hydrogen-bond donors (Lipinski definition) is 1. The average molecular weight is 136 g/mol. The number of aliphatic hydroxyl groups is 1. The highest BCUT2D eigenvalue weighted by Crippen LogP contribution is 1.91. The summed E-state index contributed by atoms with van der Waals surface area (Å²) in [5.41, 5.74) is 0. The summed E-state index contributed by atoms with van der Waals surface area (Å²) in [6.45, 7) is 5.36. The summed E-state index contributed by atoms with van der Waals surface area (Å²) in [7, 11) is 0. The van der Waals surface area contributed by atoms with Gasteiger partial charge in [-0.15, -0.1) is 0 Å². The second-order valence-corrected chi connectivity index (χ2v) is 1.71. The molecule has 0 heterocycles. The van der Waals surface area contributed by atoms with Crippen LogP contribution in [0.4, 0.5) is 0 Å². The molecule has 1 nitrogen and oxygen atoms in total. The highest BCUT2D eigenvalue weighted by atomic mass is 16.3. The minimum absolute atomic E-state index is 0.234. The normalized spacial score (nSPS) is 13.1. The quantitative estimate of drug-likeness (QED) is 0.467. The number of allylic oxidation sites excluding steroid dienone is 6. The van der Waals surface area contributed by atoms with Crippen molar-refractivity contribution in [2.45, 2.75) is 6.92 Å². The summed E-state index contributed by atoms with van der Waals surface area (Å²) >= 11 is 0. The molecular formula is C9H12O. The lowest BCUT2D eigenvalue weighted by molar-refractivity contribution is 0.432. The predicted molar refractivity (Wildman–Crippen MR) is 44.9 cm³/mol. The Morgan fingerprint density at radius 2 is 2.10 bits per heavy atom. The first kappa shape index (κ1) is 8.76. The molecule has 10 heavy (non-hydrogen) atoms. The van der Waals surface area contributed by atoms with E-state index < -0.39 is 0 Å². The second kappa shape index (κ2) is 5.89. The highest BCUT2D eigenvalue weighted by molar-refractivity contribution is 5.19. The summed E-state index contributed by atoms with van der Waals surface area (Å²) in [5, 5.41) is 8.99. The summed E-state index contributed by atoms with van der Waals surface area (Å²) in [6.07, 6.45) is 10.1. The van der Waals surface area contributed by atoms with Gasteiger partial charge in [-0.3, -0.25) is 0 Å². The van der Waals surface area contributed by atoms with Gasteiger partial charge < -0.3 is 5.11 Å². The summed E-state index contributed by atoms with van der Waals surface area (Å²) in [5.74, 6) is 0.234. The van der Waals surface area contributed by atoms with Gasteiger partial charge >= 0.3 is 0 Å². The molecule has 0 aromatic rings. The van der Waals surface area contributed by atoms with Gasteiger partial charge in [0.05, 0.1) is 0 Å². The van der Waals surface area contributed by atoms with E-state index in [0.29, 0.717) is 0 Å². The minimum atomic E-state index is 0.234. The van der Waals surface area contributed by atoms with Crippen LogP contribution >= 0.6 is 0 Å². The monoisotopic (exact) mass is 136 g/mol. The summed E-state index contributed by atoms with van der Waals surface area (Å²) < 4.78 is 0. The third kappa shape index (κ3) is 4.91. The summed E-state index contributed by atoms with van der Waals surface area (Å²) in [4.78, 5) is 0. The molecule has 0 aromatic heterocycles. The molecule has 0 amide bonds. The van der Waals surface area contributed by atoms with E-state index in [2.05, 4.69) is 6.58 Å². The molecule has 1 heteroatoms. The van der Waals surface area contributed by atoms with Gasteiger partial charge in [0.2, 0.25) is 0 Å². The van der Waals surface area contributed by atoms with Crippen molar-refractivity contribution in [3.8, 4) is 0 Å². The molecule has 54 valence electrons. The van der Waals surface area contributed by atoms with E-state index in [0.717, 1.165) is 0 Å². The van der Waals surface area contributed by atoms with Crippen LogP contribution in [0.5, 0.6) is 0 Å². The Balaban J connectivity index is 3.93. The van der Waals surface area contributed by atoms with Crippen LogP contribution in [0.2, 0.25) is 0 Å². The van der Waals surface area contributed by atoms with E-state index in [1.807, 2.05) is 13.0 Å². The third-order valence-corrected chi connectivity index (χ3v) is 0.863. The van der Waals surface area contributed by atoms with Gasteiger partial charge in [0.15, 0.2) is 0 Å². The molecular weight excluding hydrogens is 124 g/mol. The Bertz CT molecular complexity index is 173. The van der Waals surface area contributed by atoms with Crippen LogP contribution in [-0.4, -0.2) is 5.11 Å². The lowest BCUT2D eigenvalue weighted by Gasteiger charge is -1.84. The zero-order valence-electron chi connectivity index (χ0n) is 6.12. The molecule has 0 aliphatic rings. The van der Waals surface area contributed by atoms with Gasteiger partial charge in [-0.05, 0) is 19.1 Å². The SMILES string of the molecule is C=C\C=C/C(O)=C\C=C/C. The largest absolute Gasteiger partial charge is 0.508 e. The molecule has 0 aliphatic carbocycles. The maximum Gasteiger partial charge on any atom is 0.115 e. The van der Waals surface area contributed by atoms with E-state index in [-0.39, 0.29) is 5.76 Å². The molecule has 0 unspecified atom stereocenters. The standard InChI is InChI=1S/C9H12O/c1-3-5-7-9(10)8-6-4-2/h3-8,10H,1H2,2H3/b6-4-,7-5-,9-8+. The van der Waals surface area contributed by atoms with Crippen molar-refractivity contribution < 1.29 is 5.11 Å². The highest BCUT2D eigenvalue weighted by Gasteiger charge is 1.76. The molecule has 0 rings (SSSR count). The predicted octanol–water partition coefficient (Wildman–Crippen LogP) is 2.75. The molecule has 0 bridgehead atoms. The van der Waals surface area contributed by atoms with Crippen molar-refractivity contribution in [3.63, 3.8) is 0 Å². The molecule has 0 aromatic carbocycles. The topological polar surface area (TPSA) is 20.2 Å². The van der Waals surface area contributed by atoms with Crippen LogP contribution in [0.1, 0.15) is 6.92 Å². The van der Waals surface area contributed by atoms with Crippen LogP contribution in [0.3, 0.4) is 0 Å². The van der Waals surface area contributed by atoms with Crippen LogP contribution in [-0.2, 0) is 0 Å². The van der Waals surface area contributed by atoms with Gasteiger partial charge in [0, 0.05) is 0 Å². The minimum Gasteiger partial charge on any atom is -0.508 e. The fraction of sp³-hybridized carbons (Fsp3) is 0.111. The zero-order chi connectivity index (χ0) is 7.82. The van der Waals surface area contributed by atoms with Gasteiger partial charge in [-0.2, -0.15) is 0 Å². The second-order valence-electron chi connectivity index (χ2n) is 1.71.